The molecule has 2 aromatic rings. The molecule has 1 heterocycles. The number of urea groups is 1. The number of amides is 2. The molecular weight excluding hydrogens is 332 g/mol. The molecule has 6 nitrogen and oxygen atoms in total. The predicted molar refractivity (Wildman–Crippen MR) is 91.4 cm³/mol. The van der Waals surface area contributed by atoms with Crippen LogP contribution in [-0.4, -0.2) is 32.4 Å². The number of nitrogens with one attached hydrogen (secondary N) is 2. The van der Waals surface area contributed by atoms with Crippen LogP contribution in [0.1, 0.15) is 0 Å². The number of rotatable bonds is 4. The zero-order valence-electron chi connectivity index (χ0n) is 13.0. The van der Waals surface area contributed by atoms with E-state index < -0.39 is 0 Å². The number of halogens is 1. The van der Waals surface area contributed by atoms with Crippen molar-refractivity contribution in [3.63, 3.8) is 0 Å². The molecule has 7 heteroatoms. The summed E-state index contributed by atoms with van der Waals surface area (Å²) in [5.41, 5.74) is 0.494. The second-order valence-electron chi connectivity index (χ2n) is 5.18. The van der Waals surface area contributed by atoms with Crippen LogP contribution in [0.15, 0.2) is 42.5 Å². The lowest BCUT2D eigenvalue weighted by atomic mass is 10.2. The van der Waals surface area contributed by atoms with Crippen LogP contribution in [0.4, 0.5) is 10.5 Å². The Labute approximate surface area is 144 Å². The first kappa shape index (κ1) is 16.3. The monoisotopic (exact) mass is 348 g/mol. The van der Waals surface area contributed by atoms with Gasteiger partial charge in [-0.05, 0) is 30.3 Å². The molecule has 0 aliphatic carbocycles. The maximum absolute atomic E-state index is 12.1. The summed E-state index contributed by atoms with van der Waals surface area (Å²) < 4.78 is 16.6. The number of methoxy groups -OCH3 is 1. The molecule has 2 aromatic carbocycles. The van der Waals surface area contributed by atoms with Gasteiger partial charge in [-0.2, -0.15) is 0 Å². The highest BCUT2D eigenvalue weighted by molar-refractivity contribution is 6.31. The lowest BCUT2D eigenvalue weighted by molar-refractivity contribution is 0.0922. The fourth-order valence-electron chi connectivity index (χ4n) is 2.31. The molecule has 3 rings (SSSR count). The number of anilines is 1. The number of carbonyl (C=O) groups excluding carboxylic acids is 1. The number of benzene rings is 2. The van der Waals surface area contributed by atoms with Gasteiger partial charge in [0.15, 0.2) is 17.6 Å². The molecule has 0 saturated carbocycles. The average molecular weight is 349 g/mol. The molecule has 0 radical (unpaired) electrons. The molecule has 0 saturated heterocycles. The molecule has 0 spiro atoms. The molecular formula is C17H17ClN2O4. The highest BCUT2D eigenvalue weighted by atomic mass is 35.5. The fourth-order valence-corrected chi connectivity index (χ4v) is 2.49. The predicted octanol–water partition coefficient (Wildman–Crippen LogP) is 3.31. The molecule has 24 heavy (non-hydrogen) atoms. The average Bonchev–Trinajstić information content (AvgIpc) is 2.60. The van der Waals surface area contributed by atoms with E-state index in [0.717, 1.165) is 0 Å². The van der Waals surface area contributed by atoms with Crippen molar-refractivity contribution in [1.29, 1.82) is 0 Å². The van der Waals surface area contributed by atoms with E-state index in [1.54, 1.807) is 18.2 Å². The third kappa shape index (κ3) is 3.83. The van der Waals surface area contributed by atoms with Crippen LogP contribution in [0.5, 0.6) is 17.2 Å². The molecule has 2 amide bonds. The SMILES string of the molecule is COc1ccc(Cl)cc1NC(=O)NCC1COc2ccccc2O1. The molecule has 1 aliphatic heterocycles. The normalized spacial score (nSPS) is 15.5. The van der Waals surface area contributed by atoms with Crippen LogP contribution in [0.2, 0.25) is 5.02 Å². The van der Waals surface area contributed by atoms with Gasteiger partial charge in [0.25, 0.3) is 0 Å². The van der Waals surface area contributed by atoms with Gasteiger partial charge in [0.05, 0.1) is 19.3 Å². The lowest BCUT2D eigenvalue weighted by Crippen LogP contribution is -2.42. The molecule has 2 N–H and O–H groups in total. The Morgan fingerprint density at radius 1 is 1.29 bits per heavy atom. The van der Waals surface area contributed by atoms with Gasteiger partial charge in [-0.25, -0.2) is 4.79 Å². The van der Waals surface area contributed by atoms with Crippen LogP contribution >= 0.6 is 11.6 Å². The minimum atomic E-state index is -0.377. The molecule has 0 aromatic heterocycles. The Bertz CT molecular complexity index is 738. The maximum Gasteiger partial charge on any atom is 0.319 e. The minimum Gasteiger partial charge on any atom is -0.495 e. The number of ether oxygens (including phenoxy) is 3. The van der Waals surface area contributed by atoms with E-state index in [-0.39, 0.29) is 12.1 Å². The second-order valence-corrected chi connectivity index (χ2v) is 5.61. The summed E-state index contributed by atoms with van der Waals surface area (Å²) in [4.78, 5) is 12.1. The molecule has 1 unspecified atom stereocenters. The maximum atomic E-state index is 12.1. The van der Waals surface area contributed by atoms with Gasteiger partial charge in [0.1, 0.15) is 12.4 Å². The zero-order chi connectivity index (χ0) is 16.9. The van der Waals surface area contributed by atoms with E-state index in [9.17, 15) is 4.79 Å². The number of hydrogen-bond donors (Lipinski definition) is 2. The third-order valence-electron chi connectivity index (χ3n) is 3.47. The molecule has 0 bridgehead atoms. The standard InChI is InChI=1S/C17H17ClN2O4/c1-22-14-7-6-11(18)8-13(14)20-17(21)19-9-12-10-23-15-4-2-3-5-16(15)24-12/h2-8,12H,9-10H2,1H3,(H2,19,20,21). The van der Waals surface area contributed by atoms with E-state index in [0.29, 0.717) is 41.1 Å². The fraction of sp³-hybridized carbons (Fsp3) is 0.235. The molecule has 0 fully saturated rings. The Morgan fingerprint density at radius 3 is 2.88 bits per heavy atom. The summed E-state index contributed by atoms with van der Waals surface area (Å²) in [6, 6.07) is 12.0. The summed E-state index contributed by atoms with van der Waals surface area (Å²) in [6.07, 6.45) is -0.257. The first-order chi connectivity index (χ1) is 11.7. The first-order valence-corrected chi connectivity index (χ1v) is 7.80. The zero-order valence-corrected chi connectivity index (χ0v) is 13.8. The Kier molecular flexibility index (Phi) is 4.96. The Hall–Kier alpha value is -2.60. The van der Waals surface area contributed by atoms with E-state index >= 15 is 0 Å². The Morgan fingerprint density at radius 2 is 2.08 bits per heavy atom. The van der Waals surface area contributed by atoms with Crippen LogP contribution in [0.25, 0.3) is 0 Å². The number of carbonyl (C=O) groups is 1. The summed E-state index contributed by atoms with van der Waals surface area (Å²) >= 11 is 5.94. The van der Waals surface area contributed by atoms with Gasteiger partial charge in [-0.1, -0.05) is 23.7 Å². The van der Waals surface area contributed by atoms with Gasteiger partial charge in [-0.3, -0.25) is 0 Å². The van der Waals surface area contributed by atoms with Crippen molar-refractivity contribution in [2.75, 3.05) is 25.6 Å². The Balaban J connectivity index is 1.54. The van der Waals surface area contributed by atoms with Crippen molar-refractivity contribution >= 4 is 23.3 Å². The van der Waals surface area contributed by atoms with Crippen LogP contribution in [0, 0.1) is 0 Å². The molecule has 126 valence electrons. The van der Waals surface area contributed by atoms with Crippen molar-refractivity contribution in [1.82, 2.24) is 5.32 Å². The smallest absolute Gasteiger partial charge is 0.319 e. The van der Waals surface area contributed by atoms with Gasteiger partial charge in [0.2, 0.25) is 0 Å². The molecule has 1 atom stereocenters. The number of fused-ring (bicyclic) bond motifs is 1. The highest BCUT2D eigenvalue weighted by Crippen LogP contribution is 2.31. The number of para-hydroxylation sites is 2. The lowest BCUT2D eigenvalue weighted by Gasteiger charge is -2.26. The van der Waals surface area contributed by atoms with Crippen molar-refractivity contribution in [3.8, 4) is 17.2 Å². The van der Waals surface area contributed by atoms with E-state index in [4.69, 9.17) is 25.8 Å². The van der Waals surface area contributed by atoms with Crippen molar-refractivity contribution in [2.45, 2.75) is 6.10 Å². The van der Waals surface area contributed by atoms with Crippen molar-refractivity contribution in [2.24, 2.45) is 0 Å². The van der Waals surface area contributed by atoms with Crippen LogP contribution in [-0.2, 0) is 0 Å². The number of hydrogen-bond acceptors (Lipinski definition) is 4. The summed E-state index contributed by atoms with van der Waals surface area (Å²) in [6.45, 7) is 0.681. The summed E-state index contributed by atoms with van der Waals surface area (Å²) in [5.74, 6) is 1.91. The summed E-state index contributed by atoms with van der Waals surface area (Å²) in [5, 5.41) is 5.96. The van der Waals surface area contributed by atoms with Crippen molar-refractivity contribution < 1.29 is 19.0 Å². The third-order valence-corrected chi connectivity index (χ3v) is 3.70. The quantitative estimate of drug-likeness (QED) is 0.889. The minimum absolute atomic E-state index is 0.257. The second kappa shape index (κ2) is 7.31. The largest absolute Gasteiger partial charge is 0.495 e. The topological polar surface area (TPSA) is 68.8 Å². The van der Waals surface area contributed by atoms with Crippen LogP contribution < -0.4 is 24.8 Å². The highest BCUT2D eigenvalue weighted by Gasteiger charge is 2.21. The van der Waals surface area contributed by atoms with E-state index in [1.165, 1.54) is 7.11 Å². The van der Waals surface area contributed by atoms with Crippen molar-refractivity contribution in [3.05, 3.63) is 47.5 Å². The van der Waals surface area contributed by atoms with Crippen LogP contribution in [0.3, 0.4) is 0 Å². The van der Waals surface area contributed by atoms with Gasteiger partial charge < -0.3 is 24.8 Å². The van der Waals surface area contributed by atoms with Gasteiger partial charge in [0, 0.05) is 5.02 Å². The van der Waals surface area contributed by atoms with E-state index in [2.05, 4.69) is 10.6 Å². The molecule has 1 aliphatic rings. The summed E-state index contributed by atoms with van der Waals surface area (Å²) in [7, 11) is 1.52. The first-order valence-electron chi connectivity index (χ1n) is 7.42. The van der Waals surface area contributed by atoms with Gasteiger partial charge >= 0.3 is 6.03 Å². The van der Waals surface area contributed by atoms with E-state index in [1.807, 2.05) is 24.3 Å². The van der Waals surface area contributed by atoms with Gasteiger partial charge in [-0.15, -0.1) is 0 Å².